The maximum Gasteiger partial charge on any atom is 0.213 e. The molecule has 4 heteroatoms. The lowest BCUT2D eigenvalue weighted by atomic mass is 10.1. The van der Waals surface area contributed by atoms with E-state index in [4.69, 9.17) is 9.47 Å². The lowest BCUT2D eigenvalue weighted by molar-refractivity contribution is 0.374. The number of nitrogens with zero attached hydrogens (tertiary/aromatic N) is 1. The fourth-order valence-corrected chi connectivity index (χ4v) is 1.61. The van der Waals surface area contributed by atoms with Crippen LogP contribution >= 0.6 is 0 Å². The van der Waals surface area contributed by atoms with Crippen LogP contribution in [0.25, 0.3) is 11.1 Å². The summed E-state index contributed by atoms with van der Waals surface area (Å²) in [6.07, 6.45) is 1.63. The maximum absolute atomic E-state index is 10.0. The van der Waals surface area contributed by atoms with Crippen molar-refractivity contribution in [3.8, 4) is 28.5 Å². The molecule has 1 heterocycles. The van der Waals surface area contributed by atoms with Gasteiger partial charge in [-0.15, -0.1) is 0 Å². The summed E-state index contributed by atoms with van der Waals surface area (Å²) in [5.74, 6) is 1.06. The van der Waals surface area contributed by atoms with E-state index in [1.54, 1.807) is 31.5 Å². The number of ether oxygens (including phenoxy) is 2. The van der Waals surface area contributed by atoms with Gasteiger partial charge in [0.25, 0.3) is 0 Å². The summed E-state index contributed by atoms with van der Waals surface area (Å²) in [6, 6.07) is 8.90. The van der Waals surface area contributed by atoms with Crippen LogP contribution < -0.4 is 9.47 Å². The van der Waals surface area contributed by atoms with Gasteiger partial charge in [-0.2, -0.15) is 0 Å². The molecule has 0 aliphatic rings. The van der Waals surface area contributed by atoms with Crippen LogP contribution in [0.5, 0.6) is 17.4 Å². The zero-order chi connectivity index (χ0) is 12.3. The highest BCUT2D eigenvalue weighted by Gasteiger charge is 2.09. The Labute approximate surface area is 99.5 Å². The fraction of sp³-hybridized carbons (Fsp3) is 0.154. The highest BCUT2D eigenvalue weighted by molar-refractivity contribution is 5.73. The second kappa shape index (κ2) is 4.74. The number of phenolic OH excluding ortho intramolecular Hbond substituents is 1. The molecule has 0 saturated heterocycles. The van der Waals surface area contributed by atoms with E-state index in [2.05, 4.69) is 4.98 Å². The van der Waals surface area contributed by atoms with Gasteiger partial charge in [-0.25, -0.2) is 4.98 Å². The molecular formula is C13H13NO3. The number of hydrogen-bond acceptors (Lipinski definition) is 4. The predicted octanol–water partition coefficient (Wildman–Crippen LogP) is 2.47. The SMILES string of the molecule is COc1cc(-c2cccc(OC)c2O)ccn1. The number of aromatic hydroxyl groups is 1. The molecule has 17 heavy (non-hydrogen) atoms. The first-order chi connectivity index (χ1) is 8.26. The first-order valence-electron chi connectivity index (χ1n) is 5.12. The molecule has 0 unspecified atom stereocenters. The highest BCUT2D eigenvalue weighted by Crippen LogP contribution is 2.37. The maximum atomic E-state index is 10.0. The van der Waals surface area contributed by atoms with Gasteiger partial charge >= 0.3 is 0 Å². The van der Waals surface area contributed by atoms with Crippen molar-refractivity contribution < 1.29 is 14.6 Å². The van der Waals surface area contributed by atoms with Gasteiger partial charge in [-0.1, -0.05) is 12.1 Å². The molecule has 1 aromatic heterocycles. The van der Waals surface area contributed by atoms with Crippen molar-refractivity contribution in [3.63, 3.8) is 0 Å². The van der Waals surface area contributed by atoms with Gasteiger partial charge in [0.1, 0.15) is 0 Å². The van der Waals surface area contributed by atoms with Crippen molar-refractivity contribution in [2.24, 2.45) is 0 Å². The smallest absolute Gasteiger partial charge is 0.213 e. The zero-order valence-electron chi connectivity index (χ0n) is 9.68. The van der Waals surface area contributed by atoms with Crippen molar-refractivity contribution in [2.45, 2.75) is 0 Å². The predicted molar refractivity (Wildman–Crippen MR) is 64.4 cm³/mol. The Balaban J connectivity index is 2.52. The second-order valence-corrected chi connectivity index (χ2v) is 3.44. The van der Waals surface area contributed by atoms with Crippen molar-refractivity contribution in [1.82, 2.24) is 4.98 Å². The number of pyridine rings is 1. The van der Waals surface area contributed by atoms with Crippen LogP contribution in [0.4, 0.5) is 0 Å². The molecule has 0 spiro atoms. The lowest BCUT2D eigenvalue weighted by Crippen LogP contribution is -1.89. The standard InChI is InChI=1S/C13H13NO3/c1-16-11-5-3-4-10(13(11)15)9-6-7-14-12(8-9)17-2/h3-8,15H,1-2H3. The van der Waals surface area contributed by atoms with Crippen LogP contribution in [0, 0.1) is 0 Å². The van der Waals surface area contributed by atoms with E-state index in [0.717, 1.165) is 5.56 Å². The van der Waals surface area contributed by atoms with Crippen LogP contribution in [-0.4, -0.2) is 24.3 Å². The van der Waals surface area contributed by atoms with Crippen molar-refractivity contribution in [3.05, 3.63) is 36.5 Å². The molecule has 1 N–H and O–H groups in total. The minimum atomic E-state index is 0.114. The average Bonchev–Trinajstić information content (AvgIpc) is 2.39. The van der Waals surface area contributed by atoms with E-state index >= 15 is 0 Å². The second-order valence-electron chi connectivity index (χ2n) is 3.44. The molecule has 1 aromatic carbocycles. The van der Waals surface area contributed by atoms with Crippen molar-refractivity contribution in [2.75, 3.05) is 14.2 Å². The fourth-order valence-electron chi connectivity index (χ4n) is 1.61. The molecule has 0 atom stereocenters. The Morgan fingerprint density at radius 1 is 1.12 bits per heavy atom. The minimum Gasteiger partial charge on any atom is -0.504 e. The van der Waals surface area contributed by atoms with Gasteiger partial charge in [0.15, 0.2) is 11.5 Å². The molecule has 0 amide bonds. The Morgan fingerprint density at radius 3 is 2.65 bits per heavy atom. The Hall–Kier alpha value is -2.23. The van der Waals surface area contributed by atoms with Crippen LogP contribution in [0.2, 0.25) is 0 Å². The summed E-state index contributed by atoms with van der Waals surface area (Å²) >= 11 is 0. The number of benzene rings is 1. The largest absolute Gasteiger partial charge is 0.504 e. The molecule has 0 aliphatic heterocycles. The lowest BCUT2D eigenvalue weighted by Gasteiger charge is -2.09. The molecule has 4 nitrogen and oxygen atoms in total. The number of methoxy groups -OCH3 is 2. The third-order valence-corrected chi connectivity index (χ3v) is 2.47. The van der Waals surface area contributed by atoms with Crippen LogP contribution in [0.15, 0.2) is 36.5 Å². The zero-order valence-corrected chi connectivity index (χ0v) is 9.68. The molecule has 0 aliphatic carbocycles. The van der Waals surface area contributed by atoms with Crippen LogP contribution in [0.1, 0.15) is 0 Å². The van der Waals surface area contributed by atoms with E-state index in [1.165, 1.54) is 7.11 Å². The summed E-state index contributed by atoms with van der Waals surface area (Å²) in [7, 11) is 3.07. The molecule has 0 bridgehead atoms. The van der Waals surface area contributed by atoms with Gasteiger partial charge in [-0.3, -0.25) is 0 Å². The summed E-state index contributed by atoms with van der Waals surface area (Å²) < 4.78 is 10.1. The molecule has 0 radical (unpaired) electrons. The summed E-state index contributed by atoms with van der Waals surface area (Å²) in [4.78, 5) is 4.02. The van der Waals surface area contributed by atoms with Crippen LogP contribution in [-0.2, 0) is 0 Å². The van der Waals surface area contributed by atoms with Gasteiger partial charge in [-0.05, 0) is 17.7 Å². The average molecular weight is 231 g/mol. The quantitative estimate of drug-likeness (QED) is 0.881. The third-order valence-electron chi connectivity index (χ3n) is 2.47. The van der Waals surface area contributed by atoms with Gasteiger partial charge in [0.05, 0.1) is 14.2 Å². The molecule has 0 saturated carbocycles. The molecule has 0 fully saturated rings. The number of hydrogen-bond donors (Lipinski definition) is 1. The molecular weight excluding hydrogens is 218 g/mol. The first kappa shape index (κ1) is 11.3. The topological polar surface area (TPSA) is 51.6 Å². The van der Waals surface area contributed by atoms with E-state index in [9.17, 15) is 5.11 Å². The van der Waals surface area contributed by atoms with Crippen LogP contribution in [0.3, 0.4) is 0 Å². The van der Waals surface area contributed by atoms with E-state index in [-0.39, 0.29) is 5.75 Å². The molecule has 88 valence electrons. The first-order valence-corrected chi connectivity index (χ1v) is 5.12. The van der Waals surface area contributed by atoms with E-state index in [0.29, 0.717) is 17.2 Å². The van der Waals surface area contributed by atoms with Gasteiger partial charge < -0.3 is 14.6 Å². The number of phenols is 1. The van der Waals surface area contributed by atoms with Crippen molar-refractivity contribution >= 4 is 0 Å². The van der Waals surface area contributed by atoms with Gasteiger partial charge in [0, 0.05) is 17.8 Å². The molecule has 2 aromatic rings. The van der Waals surface area contributed by atoms with E-state index in [1.807, 2.05) is 12.1 Å². The highest BCUT2D eigenvalue weighted by atomic mass is 16.5. The summed E-state index contributed by atoms with van der Waals surface area (Å²) in [6.45, 7) is 0. The minimum absolute atomic E-state index is 0.114. The Morgan fingerprint density at radius 2 is 1.94 bits per heavy atom. The summed E-state index contributed by atoms with van der Waals surface area (Å²) in [5, 5.41) is 10.0. The Kier molecular flexibility index (Phi) is 3.14. The number of rotatable bonds is 3. The number of para-hydroxylation sites is 1. The normalized spacial score (nSPS) is 10.0. The molecule has 2 rings (SSSR count). The monoisotopic (exact) mass is 231 g/mol. The van der Waals surface area contributed by atoms with Gasteiger partial charge in [0.2, 0.25) is 5.88 Å². The van der Waals surface area contributed by atoms with E-state index < -0.39 is 0 Å². The third kappa shape index (κ3) is 2.15. The van der Waals surface area contributed by atoms with Crippen molar-refractivity contribution in [1.29, 1.82) is 0 Å². The Bertz CT molecular complexity index is 526. The number of aromatic nitrogens is 1. The summed E-state index contributed by atoms with van der Waals surface area (Å²) in [5.41, 5.74) is 1.51.